The molecule has 1 N–H and O–H groups in total. The molecule has 122 valence electrons. The Hall–Kier alpha value is -2.71. The number of hydrogen-bond donors (Lipinski definition) is 1. The molecule has 0 saturated heterocycles. The predicted octanol–water partition coefficient (Wildman–Crippen LogP) is 3.07. The van der Waals surface area contributed by atoms with Crippen molar-refractivity contribution < 1.29 is 27.8 Å². The van der Waals surface area contributed by atoms with Crippen molar-refractivity contribution in [1.82, 2.24) is 14.7 Å². The summed E-state index contributed by atoms with van der Waals surface area (Å²) >= 11 is 0. The molecule has 1 aromatic carbocycles. The predicted molar refractivity (Wildman–Crippen MR) is 73.0 cm³/mol. The number of rotatable bonds is 2. The van der Waals surface area contributed by atoms with Gasteiger partial charge < -0.3 is 14.7 Å². The van der Waals surface area contributed by atoms with Crippen LogP contribution in [0.2, 0.25) is 0 Å². The number of hydrogen-bond acceptors (Lipinski definition) is 3. The molecule has 0 fully saturated rings. The highest BCUT2D eigenvalue weighted by molar-refractivity contribution is 5.68. The number of ether oxygens (including phenoxy) is 1. The lowest BCUT2D eigenvalue weighted by Crippen LogP contribution is -2.30. The molecule has 1 aliphatic heterocycles. The molecule has 0 aliphatic carbocycles. The van der Waals surface area contributed by atoms with Crippen LogP contribution in [0.4, 0.5) is 18.0 Å². The van der Waals surface area contributed by atoms with E-state index in [9.17, 15) is 18.0 Å². The van der Waals surface area contributed by atoms with E-state index in [-0.39, 0.29) is 11.3 Å². The van der Waals surface area contributed by atoms with E-state index in [1.165, 1.54) is 7.05 Å². The highest BCUT2D eigenvalue weighted by atomic mass is 19.4. The van der Waals surface area contributed by atoms with Gasteiger partial charge in [-0.25, -0.2) is 4.79 Å². The van der Waals surface area contributed by atoms with Gasteiger partial charge in [-0.05, 0) is 11.6 Å². The molecule has 0 spiro atoms. The van der Waals surface area contributed by atoms with Gasteiger partial charge in [0.2, 0.25) is 0 Å². The van der Waals surface area contributed by atoms with E-state index in [0.29, 0.717) is 22.4 Å². The van der Waals surface area contributed by atoms with Crippen LogP contribution in [0.3, 0.4) is 0 Å². The second kappa shape index (κ2) is 5.18. The first-order valence-corrected chi connectivity index (χ1v) is 6.62. The Balaban J connectivity index is 1.91. The number of alkyl halides is 3. The number of carboxylic acid groups (broad SMARTS) is 1. The molecule has 1 atom stereocenters. The van der Waals surface area contributed by atoms with Gasteiger partial charge in [0.15, 0.2) is 0 Å². The van der Waals surface area contributed by atoms with Crippen molar-refractivity contribution in [1.29, 1.82) is 0 Å². The summed E-state index contributed by atoms with van der Waals surface area (Å²) in [5.41, 5.74) is 1.49. The number of nitrogens with zero attached hydrogens (tertiary/aromatic N) is 3. The standard InChI is InChI=1S/C14H12F3N3O3/c1-19(13(21)22)11-7-23-12-4-8(2-3-10(11)12)9-5-18-20(6-9)14(15,16)17/h2-6,11H,7H2,1H3,(H,21,22)/t11-/m1/s1. The summed E-state index contributed by atoms with van der Waals surface area (Å²) in [6.45, 7) is 0.170. The van der Waals surface area contributed by atoms with E-state index in [1.54, 1.807) is 18.2 Å². The molecule has 0 bridgehead atoms. The third-order valence-electron chi connectivity index (χ3n) is 3.71. The van der Waals surface area contributed by atoms with Crippen LogP contribution in [0.15, 0.2) is 30.6 Å². The fraction of sp³-hybridized carbons (Fsp3) is 0.286. The van der Waals surface area contributed by atoms with Crippen LogP contribution in [0.25, 0.3) is 11.1 Å². The van der Waals surface area contributed by atoms with Crippen LogP contribution in [-0.4, -0.2) is 39.5 Å². The van der Waals surface area contributed by atoms with Gasteiger partial charge in [0.05, 0.1) is 12.2 Å². The first kappa shape index (κ1) is 15.2. The minimum Gasteiger partial charge on any atom is -0.491 e. The number of carbonyl (C=O) groups is 1. The monoisotopic (exact) mass is 327 g/mol. The van der Waals surface area contributed by atoms with E-state index < -0.39 is 18.4 Å². The molecule has 23 heavy (non-hydrogen) atoms. The number of likely N-dealkylation sites (N-methyl/N-ethyl adjacent to an activating group) is 1. The minimum absolute atomic E-state index is 0.0720. The summed E-state index contributed by atoms with van der Waals surface area (Å²) in [6, 6.07) is 4.43. The second-order valence-electron chi connectivity index (χ2n) is 5.11. The average molecular weight is 327 g/mol. The summed E-state index contributed by atoms with van der Waals surface area (Å²) in [7, 11) is 1.44. The molecule has 2 heterocycles. The van der Waals surface area contributed by atoms with Gasteiger partial charge in [0.25, 0.3) is 0 Å². The van der Waals surface area contributed by atoms with Crippen LogP contribution in [0.1, 0.15) is 11.6 Å². The molecular formula is C14H12F3N3O3. The second-order valence-corrected chi connectivity index (χ2v) is 5.11. The van der Waals surface area contributed by atoms with Gasteiger partial charge in [-0.2, -0.15) is 9.78 Å². The molecule has 0 radical (unpaired) electrons. The highest BCUT2D eigenvalue weighted by Gasteiger charge is 2.33. The Kier molecular flexibility index (Phi) is 3.42. The molecule has 1 amide bonds. The molecule has 3 rings (SSSR count). The first-order chi connectivity index (χ1) is 10.8. The quantitative estimate of drug-likeness (QED) is 0.920. The van der Waals surface area contributed by atoms with Gasteiger partial charge >= 0.3 is 12.4 Å². The van der Waals surface area contributed by atoms with Crippen LogP contribution < -0.4 is 4.74 Å². The van der Waals surface area contributed by atoms with Crippen molar-refractivity contribution in [2.75, 3.05) is 13.7 Å². The fourth-order valence-corrected chi connectivity index (χ4v) is 2.44. The third-order valence-corrected chi connectivity index (χ3v) is 3.71. The molecular weight excluding hydrogens is 315 g/mol. The number of amides is 1. The lowest BCUT2D eigenvalue weighted by molar-refractivity contribution is -0.212. The minimum atomic E-state index is -4.57. The van der Waals surface area contributed by atoms with Crippen molar-refractivity contribution >= 4 is 6.09 Å². The van der Waals surface area contributed by atoms with Crippen molar-refractivity contribution in [3.8, 4) is 16.9 Å². The van der Waals surface area contributed by atoms with E-state index in [1.807, 2.05) is 0 Å². The smallest absolute Gasteiger partial charge is 0.491 e. The number of fused-ring (bicyclic) bond motifs is 1. The van der Waals surface area contributed by atoms with Crippen molar-refractivity contribution in [3.63, 3.8) is 0 Å². The van der Waals surface area contributed by atoms with Gasteiger partial charge in [-0.3, -0.25) is 0 Å². The summed E-state index contributed by atoms with van der Waals surface area (Å²) in [6.07, 6.45) is -3.65. The van der Waals surface area contributed by atoms with E-state index >= 15 is 0 Å². The van der Waals surface area contributed by atoms with Crippen LogP contribution in [0, 0.1) is 0 Å². The lowest BCUT2D eigenvalue weighted by Gasteiger charge is -2.19. The molecule has 0 unspecified atom stereocenters. The van der Waals surface area contributed by atoms with E-state index in [0.717, 1.165) is 17.3 Å². The van der Waals surface area contributed by atoms with Gasteiger partial charge in [0.1, 0.15) is 12.4 Å². The van der Waals surface area contributed by atoms with E-state index in [2.05, 4.69) is 5.10 Å². The molecule has 9 heteroatoms. The molecule has 6 nitrogen and oxygen atoms in total. The fourth-order valence-electron chi connectivity index (χ4n) is 2.44. The largest absolute Gasteiger partial charge is 0.504 e. The van der Waals surface area contributed by atoms with Crippen LogP contribution in [-0.2, 0) is 6.30 Å². The summed E-state index contributed by atoms with van der Waals surface area (Å²) in [5, 5.41) is 12.3. The van der Waals surface area contributed by atoms with Gasteiger partial charge in [-0.1, -0.05) is 12.1 Å². The Morgan fingerprint density at radius 2 is 2.17 bits per heavy atom. The van der Waals surface area contributed by atoms with Gasteiger partial charge in [-0.15, -0.1) is 13.2 Å². The van der Waals surface area contributed by atoms with Crippen LogP contribution in [0.5, 0.6) is 5.75 Å². The Morgan fingerprint density at radius 3 is 2.78 bits per heavy atom. The summed E-state index contributed by atoms with van der Waals surface area (Å²) < 4.78 is 43.1. The van der Waals surface area contributed by atoms with Crippen molar-refractivity contribution in [2.24, 2.45) is 0 Å². The zero-order valence-corrected chi connectivity index (χ0v) is 11.9. The van der Waals surface area contributed by atoms with Gasteiger partial charge in [0, 0.05) is 24.4 Å². The van der Waals surface area contributed by atoms with Crippen LogP contribution >= 0.6 is 0 Å². The Labute approximate surface area is 128 Å². The zero-order chi connectivity index (χ0) is 16.8. The van der Waals surface area contributed by atoms with E-state index in [4.69, 9.17) is 9.84 Å². The van der Waals surface area contributed by atoms with Crippen molar-refractivity contribution in [2.45, 2.75) is 12.3 Å². The average Bonchev–Trinajstić information content (AvgIpc) is 3.12. The highest BCUT2D eigenvalue weighted by Crippen LogP contribution is 2.38. The van der Waals surface area contributed by atoms with Crippen molar-refractivity contribution in [3.05, 3.63) is 36.2 Å². The molecule has 1 aliphatic rings. The summed E-state index contributed by atoms with van der Waals surface area (Å²) in [4.78, 5) is 12.2. The number of aromatic nitrogens is 2. The SMILES string of the molecule is CN(C(=O)O)[C@@H]1COc2cc(-c3cnn(C(F)(F)F)c3)ccc21. The molecule has 2 aromatic rings. The summed E-state index contributed by atoms with van der Waals surface area (Å²) in [5.74, 6) is 0.459. The third kappa shape index (κ3) is 2.69. The maximum Gasteiger partial charge on any atom is 0.504 e. The molecule has 0 saturated carbocycles. The first-order valence-electron chi connectivity index (χ1n) is 6.62. The zero-order valence-electron chi connectivity index (χ0n) is 11.9. The topological polar surface area (TPSA) is 67.6 Å². The molecule has 1 aromatic heterocycles. The maximum absolute atomic E-state index is 12.6. The Bertz CT molecular complexity index is 757. The number of benzene rings is 1. The maximum atomic E-state index is 12.6. The lowest BCUT2D eigenvalue weighted by atomic mass is 10.0. The normalized spacial score (nSPS) is 16.8. The number of halogens is 3. The Morgan fingerprint density at radius 1 is 1.43 bits per heavy atom.